The molecule has 2 aliphatic rings. The fraction of sp³-hybridized carbons (Fsp3) is 0.625. The molecule has 0 unspecified atom stereocenters. The molecule has 1 aliphatic heterocycles. The van der Waals surface area contributed by atoms with E-state index in [1.807, 2.05) is 38.1 Å². The number of hydrogen-bond donors (Lipinski definition) is 2. The van der Waals surface area contributed by atoms with Gasteiger partial charge in [0.1, 0.15) is 0 Å². The second-order valence-electron chi connectivity index (χ2n) is 8.93. The number of nitrogens with zero attached hydrogens (tertiary/aromatic N) is 3. The first kappa shape index (κ1) is 26.4. The Morgan fingerprint density at radius 1 is 1.09 bits per heavy atom. The molecule has 0 aromatic heterocycles. The maximum atomic E-state index is 12.8. The van der Waals surface area contributed by atoms with Gasteiger partial charge in [0.05, 0.1) is 12.0 Å². The van der Waals surface area contributed by atoms with Crippen LogP contribution in [0.2, 0.25) is 0 Å². The van der Waals surface area contributed by atoms with Gasteiger partial charge in [-0.2, -0.15) is 0 Å². The first-order valence-electron chi connectivity index (χ1n) is 11.5. The molecule has 178 valence electrons. The van der Waals surface area contributed by atoms with E-state index < -0.39 is 0 Å². The normalized spacial score (nSPS) is 16.8. The van der Waals surface area contributed by atoms with Crippen LogP contribution in [-0.4, -0.2) is 61.3 Å². The van der Waals surface area contributed by atoms with E-state index in [9.17, 15) is 9.59 Å². The molecule has 0 atom stereocenters. The number of fused-ring (bicyclic) bond motifs is 1. The standard InChI is InChI=1S/C24H37N5O2.HI/c1-4-25-23(27-18-24(13-7-8-14-24)22(31)28(2)3)26-15-9-12-21(30)29-16-19-10-5-6-11-20(19)17-29;/h5-6,10-11H,4,7-9,12-18H2,1-3H3,(H2,25,26,27);1H. The number of hydrogen-bond acceptors (Lipinski definition) is 3. The van der Waals surface area contributed by atoms with Crippen LogP contribution >= 0.6 is 24.0 Å². The number of carbonyl (C=O) groups is 2. The largest absolute Gasteiger partial charge is 0.357 e. The minimum atomic E-state index is -0.368. The molecule has 8 heteroatoms. The van der Waals surface area contributed by atoms with Crippen molar-refractivity contribution in [3.63, 3.8) is 0 Å². The first-order chi connectivity index (χ1) is 14.9. The van der Waals surface area contributed by atoms with E-state index in [2.05, 4.69) is 22.8 Å². The van der Waals surface area contributed by atoms with Gasteiger partial charge in [-0.05, 0) is 37.3 Å². The van der Waals surface area contributed by atoms with Crippen molar-refractivity contribution in [2.45, 2.75) is 58.5 Å². The lowest BCUT2D eigenvalue weighted by Gasteiger charge is -2.29. The van der Waals surface area contributed by atoms with Crippen LogP contribution in [0.3, 0.4) is 0 Å². The Labute approximate surface area is 209 Å². The van der Waals surface area contributed by atoms with Crippen LogP contribution in [0, 0.1) is 5.41 Å². The van der Waals surface area contributed by atoms with E-state index in [0.717, 1.165) is 44.6 Å². The minimum absolute atomic E-state index is 0. The highest BCUT2D eigenvalue weighted by Crippen LogP contribution is 2.39. The molecule has 1 fully saturated rings. The van der Waals surface area contributed by atoms with E-state index in [1.54, 1.807) is 4.90 Å². The predicted molar refractivity (Wildman–Crippen MR) is 139 cm³/mol. The van der Waals surface area contributed by atoms with Gasteiger partial charge in [0, 0.05) is 46.7 Å². The highest BCUT2D eigenvalue weighted by Gasteiger charge is 2.42. The zero-order chi connectivity index (χ0) is 22.3. The summed E-state index contributed by atoms with van der Waals surface area (Å²) in [6.07, 6.45) is 5.24. The summed E-state index contributed by atoms with van der Waals surface area (Å²) in [4.78, 5) is 33.7. The van der Waals surface area contributed by atoms with Crippen molar-refractivity contribution in [3.8, 4) is 0 Å². The van der Waals surface area contributed by atoms with Gasteiger partial charge in [-0.15, -0.1) is 24.0 Å². The molecule has 0 spiro atoms. The van der Waals surface area contributed by atoms with E-state index in [4.69, 9.17) is 4.99 Å². The molecule has 0 radical (unpaired) electrons. The number of nitrogens with one attached hydrogen (secondary N) is 2. The average molecular weight is 556 g/mol. The summed E-state index contributed by atoms with van der Waals surface area (Å²) in [6.45, 7) is 5.40. The van der Waals surface area contributed by atoms with Crippen molar-refractivity contribution in [2.24, 2.45) is 10.4 Å². The van der Waals surface area contributed by atoms with Gasteiger partial charge in [-0.3, -0.25) is 14.6 Å². The lowest BCUT2D eigenvalue weighted by molar-refractivity contribution is -0.138. The second kappa shape index (κ2) is 12.4. The van der Waals surface area contributed by atoms with Gasteiger partial charge in [-0.25, -0.2) is 0 Å². The zero-order valence-electron chi connectivity index (χ0n) is 19.7. The summed E-state index contributed by atoms with van der Waals surface area (Å²) >= 11 is 0. The Bertz CT molecular complexity index is 780. The molecular formula is C24H38IN5O2. The second-order valence-corrected chi connectivity index (χ2v) is 8.93. The molecule has 2 amide bonds. The summed E-state index contributed by atoms with van der Waals surface area (Å²) in [5.41, 5.74) is 2.14. The monoisotopic (exact) mass is 555 g/mol. The first-order valence-corrected chi connectivity index (χ1v) is 11.5. The third kappa shape index (κ3) is 6.59. The summed E-state index contributed by atoms with van der Waals surface area (Å²) < 4.78 is 0. The molecule has 2 N–H and O–H groups in total. The molecule has 1 aromatic rings. The fourth-order valence-electron chi connectivity index (χ4n) is 4.65. The molecule has 32 heavy (non-hydrogen) atoms. The van der Waals surface area contributed by atoms with Crippen LogP contribution in [-0.2, 0) is 22.7 Å². The topological polar surface area (TPSA) is 77.0 Å². The minimum Gasteiger partial charge on any atom is -0.357 e. The van der Waals surface area contributed by atoms with Gasteiger partial charge in [0.25, 0.3) is 0 Å². The quantitative estimate of drug-likeness (QED) is 0.224. The van der Waals surface area contributed by atoms with Crippen molar-refractivity contribution in [1.29, 1.82) is 0 Å². The number of aliphatic imine (C=N–C) groups is 1. The zero-order valence-corrected chi connectivity index (χ0v) is 22.0. The van der Waals surface area contributed by atoms with Gasteiger partial charge in [0.2, 0.25) is 11.8 Å². The fourth-order valence-corrected chi connectivity index (χ4v) is 4.65. The number of benzene rings is 1. The Kier molecular flexibility index (Phi) is 10.2. The van der Waals surface area contributed by atoms with Gasteiger partial charge >= 0.3 is 0 Å². The molecule has 1 saturated carbocycles. The highest BCUT2D eigenvalue weighted by atomic mass is 127. The molecule has 1 heterocycles. The number of guanidine groups is 1. The third-order valence-electron chi connectivity index (χ3n) is 6.36. The summed E-state index contributed by atoms with van der Waals surface area (Å²) in [7, 11) is 3.65. The maximum absolute atomic E-state index is 12.8. The van der Waals surface area contributed by atoms with Crippen LogP contribution in [0.1, 0.15) is 56.6 Å². The number of carbonyl (C=O) groups excluding carboxylic acids is 2. The smallest absolute Gasteiger partial charge is 0.230 e. The Morgan fingerprint density at radius 3 is 2.28 bits per heavy atom. The van der Waals surface area contributed by atoms with E-state index in [-0.39, 0.29) is 41.2 Å². The lowest BCUT2D eigenvalue weighted by Crippen LogP contribution is -2.43. The summed E-state index contributed by atoms with van der Waals surface area (Å²) in [5.74, 6) is 1.10. The van der Waals surface area contributed by atoms with E-state index >= 15 is 0 Å². The van der Waals surface area contributed by atoms with Crippen LogP contribution < -0.4 is 10.6 Å². The van der Waals surface area contributed by atoms with Crippen molar-refractivity contribution in [1.82, 2.24) is 20.4 Å². The molecule has 0 saturated heterocycles. The molecule has 3 rings (SSSR count). The Hall–Kier alpha value is -1.84. The Morgan fingerprint density at radius 2 is 1.72 bits per heavy atom. The van der Waals surface area contributed by atoms with Crippen LogP contribution in [0.4, 0.5) is 0 Å². The van der Waals surface area contributed by atoms with Crippen molar-refractivity contribution in [2.75, 3.05) is 33.7 Å². The highest BCUT2D eigenvalue weighted by molar-refractivity contribution is 14.0. The lowest BCUT2D eigenvalue weighted by atomic mass is 9.85. The van der Waals surface area contributed by atoms with Crippen molar-refractivity contribution >= 4 is 41.8 Å². The average Bonchev–Trinajstić information content (AvgIpc) is 3.42. The van der Waals surface area contributed by atoms with Crippen molar-refractivity contribution in [3.05, 3.63) is 35.4 Å². The van der Waals surface area contributed by atoms with Crippen LogP contribution in [0.25, 0.3) is 0 Å². The number of rotatable bonds is 8. The molecule has 1 aromatic carbocycles. The molecule has 7 nitrogen and oxygen atoms in total. The molecule has 1 aliphatic carbocycles. The molecular weight excluding hydrogens is 517 g/mol. The van der Waals surface area contributed by atoms with Gasteiger partial charge < -0.3 is 20.4 Å². The third-order valence-corrected chi connectivity index (χ3v) is 6.36. The predicted octanol–water partition coefficient (Wildman–Crippen LogP) is 3.13. The van der Waals surface area contributed by atoms with Gasteiger partial charge in [0.15, 0.2) is 5.96 Å². The van der Waals surface area contributed by atoms with Crippen LogP contribution in [0.15, 0.2) is 29.3 Å². The van der Waals surface area contributed by atoms with Crippen LogP contribution in [0.5, 0.6) is 0 Å². The summed E-state index contributed by atoms with van der Waals surface area (Å²) in [6, 6.07) is 8.25. The molecule has 0 bridgehead atoms. The maximum Gasteiger partial charge on any atom is 0.230 e. The van der Waals surface area contributed by atoms with E-state index in [0.29, 0.717) is 32.6 Å². The van der Waals surface area contributed by atoms with E-state index in [1.165, 1.54) is 11.1 Å². The number of halogens is 1. The SMILES string of the molecule is CCNC(=NCC1(C(=O)N(C)C)CCCC1)NCCCC(=O)N1Cc2ccccc2C1.I. The number of amides is 2. The van der Waals surface area contributed by atoms with Crippen molar-refractivity contribution < 1.29 is 9.59 Å². The van der Waals surface area contributed by atoms with Gasteiger partial charge in [-0.1, -0.05) is 37.1 Å². The summed E-state index contributed by atoms with van der Waals surface area (Å²) in [5, 5.41) is 6.60. The Balaban J connectivity index is 0.00000363.